The zero-order valence-corrected chi connectivity index (χ0v) is 18.1. The fourth-order valence-corrected chi connectivity index (χ4v) is 5.86. The molecule has 5 heteroatoms. The van der Waals surface area contributed by atoms with Crippen LogP contribution in [0.5, 0.6) is 0 Å². The summed E-state index contributed by atoms with van der Waals surface area (Å²) in [5, 5.41) is 1.92. The normalized spacial score (nSPS) is 24.5. The molecular weight excluding hydrogens is 382 g/mol. The first-order chi connectivity index (χ1) is 13.8. The van der Waals surface area contributed by atoms with Crippen LogP contribution in [0, 0.1) is 32.6 Å². The highest BCUT2D eigenvalue weighted by Gasteiger charge is 2.44. The first-order valence-electron chi connectivity index (χ1n) is 10.3. The number of amides is 1. The summed E-state index contributed by atoms with van der Waals surface area (Å²) < 4.78 is 0. The lowest BCUT2D eigenvalue weighted by Gasteiger charge is -2.18. The standard InChI is InChI=1S/C24H27NO3S/c1-14-9-15(2)21(16(3)10-14)22-19(26)12-18(23(22)27)11-17-6-7-25(13-17)24(28)20-5-4-8-29-20/h4-5,8-10,17-18,22H,6-7,11-13H2,1-3H3. The van der Waals surface area contributed by atoms with Gasteiger partial charge in [-0.25, -0.2) is 0 Å². The number of thiophene rings is 1. The van der Waals surface area contributed by atoms with Crippen molar-refractivity contribution < 1.29 is 14.4 Å². The Hall–Kier alpha value is -2.27. The Morgan fingerprint density at radius 1 is 1.17 bits per heavy atom. The van der Waals surface area contributed by atoms with E-state index >= 15 is 0 Å². The number of aryl methyl sites for hydroxylation is 3. The lowest BCUT2D eigenvalue weighted by atomic mass is 9.85. The number of ketones is 2. The molecule has 29 heavy (non-hydrogen) atoms. The van der Waals surface area contributed by atoms with E-state index in [0.29, 0.717) is 25.3 Å². The van der Waals surface area contributed by atoms with Crippen LogP contribution in [0.2, 0.25) is 0 Å². The number of Topliss-reactive ketones (excluding diaryl/α,β-unsaturated/α-hetero) is 2. The quantitative estimate of drug-likeness (QED) is 0.700. The van der Waals surface area contributed by atoms with Crippen LogP contribution in [-0.2, 0) is 9.59 Å². The molecule has 0 spiro atoms. The third kappa shape index (κ3) is 3.80. The van der Waals surface area contributed by atoms with Crippen LogP contribution in [0.25, 0.3) is 0 Å². The van der Waals surface area contributed by atoms with Crippen molar-refractivity contribution in [1.29, 1.82) is 0 Å². The van der Waals surface area contributed by atoms with Crippen LogP contribution >= 0.6 is 11.3 Å². The molecule has 2 aliphatic rings. The molecule has 1 saturated heterocycles. The second kappa shape index (κ2) is 7.86. The van der Waals surface area contributed by atoms with Crippen LogP contribution in [0.1, 0.15) is 57.1 Å². The van der Waals surface area contributed by atoms with Gasteiger partial charge in [0.25, 0.3) is 5.91 Å². The number of hydrogen-bond donors (Lipinski definition) is 0. The maximum Gasteiger partial charge on any atom is 0.263 e. The molecular formula is C24H27NO3S. The lowest BCUT2D eigenvalue weighted by molar-refractivity contribution is -0.125. The van der Waals surface area contributed by atoms with Gasteiger partial charge in [-0.1, -0.05) is 23.8 Å². The summed E-state index contributed by atoms with van der Waals surface area (Å²) in [5.41, 5.74) is 4.13. The number of rotatable bonds is 4. The van der Waals surface area contributed by atoms with Gasteiger partial charge < -0.3 is 4.90 Å². The van der Waals surface area contributed by atoms with E-state index in [1.807, 2.05) is 43.2 Å². The van der Waals surface area contributed by atoms with Crippen LogP contribution in [0.15, 0.2) is 29.6 Å². The van der Waals surface area contributed by atoms with Crippen molar-refractivity contribution in [2.45, 2.75) is 46.0 Å². The van der Waals surface area contributed by atoms with E-state index < -0.39 is 5.92 Å². The predicted octanol–water partition coefficient (Wildman–Crippen LogP) is 4.47. The number of carbonyl (C=O) groups excluding carboxylic acids is 3. The molecule has 2 fully saturated rings. The van der Waals surface area contributed by atoms with Crippen molar-refractivity contribution in [2.75, 3.05) is 13.1 Å². The first-order valence-corrected chi connectivity index (χ1v) is 11.2. The van der Waals surface area contributed by atoms with E-state index in [1.54, 1.807) is 0 Å². The molecule has 3 atom stereocenters. The van der Waals surface area contributed by atoms with Gasteiger partial charge in [-0.3, -0.25) is 14.4 Å². The number of benzene rings is 1. The lowest BCUT2D eigenvalue weighted by Crippen LogP contribution is -2.28. The maximum absolute atomic E-state index is 13.2. The molecule has 0 bridgehead atoms. The largest absolute Gasteiger partial charge is 0.338 e. The van der Waals surface area contributed by atoms with Crippen LogP contribution in [-0.4, -0.2) is 35.5 Å². The molecule has 0 N–H and O–H groups in total. The van der Waals surface area contributed by atoms with Gasteiger partial charge in [0.2, 0.25) is 0 Å². The predicted molar refractivity (Wildman–Crippen MR) is 114 cm³/mol. The molecule has 1 aromatic heterocycles. The Balaban J connectivity index is 1.44. The summed E-state index contributed by atoms with van der Waals surface area (Å²) in [6.07, 6.45) is 1.95. The van der Waals surface area contributed by atoms with Gasteiger partial charge >= 0.3 is 0 Å². The molecule has 152 valence electrons. The zero-order valence-electron chi connectivity index (χ0n) is 17.2. The second-order valence-electron chi connectivity index (χ2n) is 8.63. The molecule has 1 aliphatic carbocycles. The van der Waals surface area contributed by atoms with Gasteiger partial charge in [-0.15, -0.1) is 11.3 Å². The van der Waals surface area contributed by atoms with E-state index in [9.17, 15) is 14.4 Å². The number of hydrogen-bond acceptors (Lipinski definition) is 4. The van der Waals surface area contributed by atoms with Crippen LogP contribution in [0.4, 0.5) is 0 Å². The number of likely N-dealkylation sites (tertiary alicyclic amines) is 1. The minimum Gasteiger partial charge on any atom is -0.338 e. The summed E-state index contributed by atoms with van der Waals surface area (Å²) in [5.74, 6) is -0.312. The van der Waals surface area contributed by atoms with Crippen LogP contribution in [0.3, 0.4) is 0 Å². The van der Waals surface area contributed by atoms with Crippen molar-refractivity contribution in [1.82, 2.24) is 4.90 Å². The Morgan fingerprint density at radius 3 is 2.55 bits per heavy atom. The third-order valence-corrected chi connectivity index (χ3v) is 7.26. The topological polar surface area (TPSA) is 54.5 Å². The Bertz CT molecular complexity index is 940. The van der Waals surface area contributed by atoms with E-state index in [4.69, 9.17) is 0 Å². The van der Waals surface area contributed by atoms with Crippen molar-refractivity contribution >= 4 is 28.8 Å². The second-order valence-corrected chi connectivity index (χ2v) is 9.58. The van der Waals surface area contributed by atoms with E-state index in [1.165, 1.54) is 11.3 Å². The molecule has 2 heterocycles. The van der Waals surface area contributed by atoms with Gasteiger partial charge in [-0.05, 0) is 67.7 Å². The summed E-state index contributed by atoms with van der Waals surface area (Å²) in [4.78, 5) is 41.2. The molecule has 1 amide bonds. The van der Waals surface area contributed by atoms with E-state index in [0.717, 1.165) is 40.1 Å². The number of carbonyl (C=O) groups is 3. The Morgan fingerprint density at radius 2 is 1.90 bits per heavy atom. The van der Waals surface area contributed by atoms with Gasteiger partial charge in [0.1, 0.15) is 11.7 Å². The highest BCUT2D eigenvalue weighted by Crippen LogP contribution is 2.39. The fourth-order valence-electron chi connectivity index (χ4n) is 5.17. The van der Waals surface area contributed by atoms with Crippen molar-refractivity contribution in [2.24, 2.45) is 11.8 Å². The van der Waals surface area contributed by atoms with Crippen molar-refractivity contribution in [3.63, 3.8) is 0 Å². The monoisotopic (exact) mass is 409 g/mol. The SMILES string of the molecule is Cc1cc(C)c(C2C(=O)CC(CC3CCN(C(=O)c4cccs4)C3)C2=O)c(C)c1. The molecule has 1 saturated carbocycles. The minimum atomic E-state index is -0.606. The van der Waals surface area contributed by atoms with Gasteiger partial charge in [0, 0.05) is 25.4 Å². The first kappa shape index (κ1) is 20.0. The van der Waals surface area contributed by atoms with Crippen LogP contribution < -0.4 is 0 Å². The summed E-state index contributed by atoms with van der Waals surface area (Å²) >= 11 is 1.46. The summed E-state index contributed by atoms with van der Waals surface area (Å²) in [6.45, 7) is 7.44. The minimum absolute atomic E-state index is 0.0552. The Labute approximate surface area is 175 Å². The number of nitrogens with zero attached hydrogens (tertiary/aromatic N) is 1. The molecule has 1 aliphatic heterocycles. The van der Waals surface area contributed by atoms with Crippen molar-refractivity contribution in [3.8, 4) is 0 Å². The van der Waals surface area contributed by atoms with Gasteiger partial charge in [0.15, 0.2) is 5.78 Å². The Kier molecular flexibility index (Phi) is 5.43. The van der Waals surface area contributed by atoms with E-state index in [2.05, 4.69) is 12.1 Å². The molecule has 0 radical (unpaired) electrons. The third-order valence-electron chi connectivity index (χ3n) is 6.41. The molecule has 4 rings (SSSR count). The highest BCUT2D eigenvalue weighted by molar-refractivity contribution is 7.12. The smallest absolute Gasteiger partial charge is 0.263 e. The summed E-state index contributed by atoms with van der Waals surface area (Å²) in [6, 6.07) is 7.86. The van der Waals surface area contributed by atoms with E-state index in [-0.39, 0.29) is 23.4 Å². The molecule has 2 aromatic rings. The zero-order chi connectivity index (χ0) is 20.7. The molecule has 3 unspecified atom stereocenters. The fraction of sp³-hybridized carbons (Fsp3) is 0.458. The van der Waals surface area contributed by atoms with Gasteiger partial charge in [0.05, 0.1) is 4.88 Å². The summed E-state index contributed by atoms with van der Waals surface area (Å²) in [7, 11) is 0. The molecule has 1 aromatic carbocycles. The average Bonchev–Trinajstić information content (AvgIpc) is 3.38. The average molecular weight is 410 g/mol. The molecule has 4 nitrogen and oxygen atoms in total. The van der Waals surface area contributed by atoms with Crippen molar-refractivity contribution in [3.05, 3.63) is 56.8 Å². The van der Waals surface area contributed by atoms with Gasteiger partial charge in [-0.2, -0.15) is 0 Å². The highest BCUT2D eigenvalue weighted by atomic mass is 32.1. The maximum atomic E-state index is 13.2.